The molecule has 0 fully saturated rings. The average molecular weight is 178 g/mol. The molecule has 13 heavy (non-hydrogen) atoms. The second kappa shape index (κ2) is 4.50. The number of rotatable bonds is 1. The van der Waals surface area contributed by atoms with Crippen LogP contribution in [0.1, 0.15) is 19.4 Å². The van der Waals surface area contributed by atoms with Gasteiger partial charge in [0, 0.05) is 0 Å². The van der Waals surface area contributed by atoms with Crippen molar-refractivity contribution in [3.8, 4) is 11.5 Å². The molecule has 0 amide bonds. The van der Waals surface area contributed by atoms with Crippen LogP contribution < -0.4 is 0 Å². The minimum absolute atomic E-state index is 0.833. The van der Waals surface area contributed by atoms with Crippen LogP contribution in [0.2, 0.25) is 0 Å². The lowest BCUT2D eigenvalue weighted by Crippen LogP contribution is -1.75. The average Bonchev–Trinajstić information content (AvgIpc) is 2.77. The maximum atomic E-state index is 5.19. The number of hydrogen-bond acceptors (Lipinski definition) is 2. The van der Waals surface area contributed by atoms with Gasteiger partial charge >= 0.3 is 0 Å². The zero-order valence-corrected chi connectivity index (χ0v) is 8.16. The summed E-state index contributed by atoms with van der Waals surface area (Å²) in [5, 5.41) is 6.76. The predicted molar refractivity (Wildman–Crippen MR) is 52.4 cm³/mol. The summed E-state index contributed by atoms with van der Waals surface area (Å²) in [5.74, 6) is 0.833. The summed E-state index contributed by atoms with van der Waals surface area (Å²) >= 11 is 0. The molecule has 0 atom stereocenters. The Bertz CT molecular complexity index is 335. The van der Waals surface area contributed by atoms with Gasteiger partial charge in [0.2, 0.25) is 0 Å². The molecule has 0 aliphatic heterocycles. The molecule has 0 bridgehead atoms. The molecule has 0 spiro atoms. The summed E-state index contributed by atoms with van der Waals surface area (Å²) in [7, 11) is 0. The molecule has 0 aliphatic carbocycles. The predicted octanol–water partition coefficient (Wildman–Crippen LogP) is 3.00. The number of hydrogen-bond donors (Lipinski definition) is 1. The van der Waals surface area contributed by atoms with Gasteiger partial charge in [0.05, 0.1) is 12.5 Å². The summed E-state index contributed by atoms with van der Waals surface area (Å²) in [4.78, 5) is 0. The van der Waals surface area contributed by atoms with E-state index in [4.69, 9.17) is 4.42 Å². The van der Waals surface area contributed by atoms with Crippen LogP contribution in [0.15, 0.2) is 29.0 Å². The molecule has 0 aliphatic rings. The van der Waals surface area contributed by atoms with Gasteiger partial charge < -0.3 is 4.42 Å². The Labute approximate surface area is 77.8 Å². The Kier molecular flexibility index (Phi) is 3.31. The first-order chi connectivity index (χ1) is 6.38. The summed E-state index contributed by atoms with van der Waals surface area (Å²) in [5.41, 5.74) is 2.05. The van der Waals surface area contributed by atoms with Crippen molar-refractivity contribution in [3.05, 3.63) is 30.2 Å². The van der Waals surface area contributed by atoms with E-state index in [1.807, 2.05) is 32.9 Å². The first kappa shape index (κ1) is 9.58. The Morgan fingerprint density at radius 2 is 2.15 bits per heavy atom. The first-order valence-electron chi connectivity index (χ1n) is 4.42. The molecule has 2 heterocycles. The third kappa shape index (κ3) is 1.99. The monoisotopic (exact) mass is 178 g/mol. The van der Waals surface area contributed by atoms with Crippen molar-refractivity contribution >= 4 is 0 Å². The standard InChI is InChI=1S/C8H8N2O.C2H6/c1-6-5-9-10-8(6)7-3-2-4-11-7;1-2/h2-5H,1H3,(H,9,10);1-2H3. The molecule has 70 valence electrons. The Morgan fingerprint density at radius 1 is 1.38 bits per heavy atom. The largest absolute Gasteiger partial charge is 0.463 e. The minimum atomic E-state index is 0.833. The zero-order valence-electron chi connectivity index (χ0n) is 8.16. The third-order valence-corrected chi connectivity index (χ3v) is 1.60. The Balaban J connectivity index is 0.000000396. The van der Waals surface area contributed by atoms with E-state index in [-0.39, 0.29) is 0 Å². The highest BCUT2D eigenvalue weighted by Gasteiger charge is 2.04. The highest BCUT2D eigenvalue weighted by Crippen LogP contribution is 2.19. The van der Waals surface area contributed by atoms with Crippen molar-refractivity contribution in [1.82, 2.24) is 10.2 Å². The van der Waals surface area contributed by atoms with Crippen LogP contribution in [0.5, 0.6) is 0 Å². The summed E-state index contributed by atoms with van der Waals surface area (Å²) in [6, 6.07) is 3.76. The first-order valence-corrected chi connectivity index (χ1v) is 4.42. The number of H-pyrrole nitrogens is 1. The number of nitrogens with zero attached hydrogens (tertiary/aromatic N) is 1. The fraction of sp³-hybridized carbons (Fsp3) is 0.300. The molecule has 2 aromatic heterocycles. The lowest BCUT2D eigenvalue weighted by molar-refractivity contribution is 0.579. The highest BCUT2D eigenvalue weighted by molar-refractivity contribution is 5.55. The van der Waals surface area contributed by atoms with Gasteiger partial charge in [-0.2, -0.15) is 5.10 Å². The fourth-order valence-corrected chi connectivity index (χ4v) is 1.02. The van der Waals surface area contributed by atoms with Gasteiger partial charge in [-0.15, -0.1) is 0 Å². The fourth-order valence-electron chi connectivity index (χ4n) is 1.02. The molecule has 2 aromatic rings. The van der Waals surface area contributed by atoms with Crippen LogP contribution in [0.25, 0.3) is 11.5 Å². The minimum Gasteiger partial charge on any atom is -0.463 e. The number of nitrogens with one attached hydrogen (secondary N) is 1. The van der Waals surface area contributed by atoms with Crippen molar-refractivity contribution in [3.63, 3.8) is 0 Å². The second-order valence-electron chi connectivity index (χ2n) is 2.41. The molecule has 3 heteroatoms. The van der Waals surface area contributed by atoms with Gasteiger partial charge in [-0.05, 0) is 24.6 Å². The van der Waals surface area contributed by atoms with Gasteiger partial charge in [-0.3, -0.25) is 5.10 Å². The maximum Gasteiger partial charge on any atom is 0.151 e. The van der Waals surface area contributed by atoms with Crippen LogP contribution >= 0.6 is 0 Å². The van der Waals surface area contributed by atoms with E-state index in [0.717, 1.165) is 17.0 Å². The van der Waals surface area contributed by atoms with E-state index in [1.165, 1.54) is 0 Å². The van der Waals surface area contributed by atoms with Crippen molar-refractivity contribution in [2.75, 3.05) is 0 Å². The summed E-state index contributed by atoms with van der Waals surface area (Å²) in [6.07, 6.45) is 3.42. The number of aryl methyl sites for hydroxylation is 1. The number of aromatic nitrogens is 2. The van der Waals surface area contributed by atoms with Crippen LogP contribution in [-0.4, -0.2) is 10.2 Å². The van der Waals surface area contributed by atoms with E-state index in [1.54, 1.807) is 12.5 Å². The Morgan fingerprint density at radius 3 is 2.62 bits per heavy atom. The molecule has 0 radical (unpaired) electrons. The molecule has 0 saturated carbocycles. The quantitative estimate of drug-likeness (QED) is 0.729. The van der Waals surface area contributed by atoms with E-state index in [2.05, 4.69) is 10.2 Å². The van der Waals surface area contributed by atoms with Crippen LogP contribution in [0.3, 0.4) is 0 Å². The van der Waals surface area contributed by atoms with Crippen molar-refractivity contribution in [2.24, 2.45) is 0 Å². The lowest BCUT2D eigenvalue weighted by Gasteiger charge is -1.90. The van der Waals surface area contributed by atoms with Gasteiger partial charge in [0.1, 0.15) is 5.69 Å². The van der Waals surface area contributed by atoms with E-state index in [9.17, 15) is 0 Å². The van der Waals surface area contributed by atoms with Crippen LogP contribution in [0.4, 0.5) is 0 Å². The Hall–Kier alpha value is -1.51. The maximum absolute atomic E-state index is 5.19. The van der Waals surface area contributed by atoms with E-state index >= 15 is 0 Å². The number of aromatic amines is 1. The molecule has 2 rings (SSSR count). The molecule has 0 unspecified atom stereocenters. The topological polar surface area (TPSA) is 41.8 Å². The summed E-state index contributed by atoms with van der Waals surface area (Å²) < 4.78 is 5.19. The normalized spacial score (nSPS) is 9.15. The third-order valence-electron chi connectivity index (χ3n) is 1.60. The van der Waals surface area contributed by atoms with Gasteiger partial charge in [-0.25, -0.2) is 0 Å². The van der Waals surface area contributed by atoms with Crippen LogP contribution in [0, 0.1) is 6.92 Å². The van der Waals surface area contributed by atoms with Crippen molar-refractivity contribution in [2.45, 2.75) is 20.8 Å². The highest BCUT2D eigenvalue weighted by atomic mass is 16.3. The molecule has 1 N–H and O–H groups in total. The molecular formula is C10H14N2O. The van der Waals surface area contributed by atoms with E-state index in [0.29, 0.717) is 0 Å². The van der Waals surface area contributed by atoms with Crippen LogP contribution in [-0.2, 0) is 0 Å². The van der Waals surface area contributed by atoms with Gasteiger partial charge in [-0.1, -0.05) is 13.8 Å². The SMILES string of the molecule is CC.Cc1cn[nH]c1-c1ccco1. The molecule has 0 aromatic carbocycles. The van der Waals surface area contributed by atoms with Crippen molar-refractivity contribution < 1.29 is 4.42 Å². The second-order valence-corrected chi connectivity index (χ2v) is 2.41. The smallest absolute Gasteiger partial charge is 0.151 e. The van der Waals surface area contributed by atoms with Crippen molar-refractivity contribution in [1.29, 1.82) is 0 Å². The zero-order chi connectivity index (χ0) is 9.68. The van der Waals surface area contributed by atoms with E-state index < -0.39 is 0 Å². The molecule has 3 nitrogen and oxygen atoms in total. The van der Waals surface area contributed by atoms with Gasteiger partial charge in [0.25, 0.3) is 0 Å². The lowest BCUT2D eigenvalue weighted by atomic mass is 10.2. The number of furan rings is 1. The van der Waals surface area contributed by atoms with Gasteiger partial charge in [0.15, 0.2) is 5.76 Å². The molecule has 0 saturated heterocycles. The summed E-state index contributed by atoms with van der Waals surface area (Å²) in [6.45, 7) is 5.99. The molecular weight excluding hydrogens is 164 g/mol.